The minimum atomic E-state index is -1.01. The molecular formula is C26H19FIN3O6. The summed E-state index contributed by atoms with van der Waals surface area (Å²) in [6.07, 6.45) is 1.72. The van der Waals surface area contributed by atoms with Crippen molar-refractivity contribution in [1.29, 1.82) is 0 Å². The molecule has 11 heteroatoms. The maximum atomic E-state index is 13.7. The van der Waals surface area contributed by atoms with Gasteiger partial charge >= 0.3 is 6.03 Å². The van der Waals surface area contributed by atoms with Crippen molar-refractivity contribution in [3.8, 4) is 5.75 Å². The minimum absolute atomic E-state index is 0.0508. The topological polar surface area (TPSA) is 119 Å². The lowest BCUT2D eigenvalue weighted by Gasteiger charge is -2.26. The second-order valence-corrected chi connectivity index (χ2v) is 9.12. The largest absolute Gasteiger partial charge is 0.494 e. The fourth-order valence-corrected chi connectivity index (χ4v) is 4.64. The van der Waals surface area contributed by atoms with E-state index in [9.17, 15) is 28.9 Å². The smallest absolute Gasteiger partial charge is 0.335 e. The number of hydrogen-bond acceptors (Lipinski definition) is 6. The molecule has 0 atom stereocenters. The molecule has 3 aromatic carbocycles. The molecule has 3 aromatic rings. The van der Waals surface area contributed by atoms with Crippen molar-refractivity contribution in [2.75, 3.05) is 11.5 Å². The maximum Gasteiger partial charge on any atom is 0.335 e. The first-order valence-corrected chi connectivity index (χ1v) is 12.1. The van der Waals surface area contributed by atoms with E-state index in [2.05, 4.69) is 27.9 Å². The summed E-state index contributed by atoms with van der Waals surface area (Å²) in [5.41, 5.74) is 1.32. The Hall–Kier alpha value is -4.13. The predicted molar refractivity (Wildman–Crippen MR) is 142 cm³/mol. The lowest BCUT2D eigenvalue weighted by atomic mass is 10.0. The van der Waals surface area contributed by atoms with Crippen LogP contribution < -0.4 is 15.0 Å². The average molecular weight is 615 g/mol. The van der Waals surface area contributed by atoms with Gasteiger partial charge in [0.15, 0.2) is 0 Å². The number of benzene rings is 3. The Labute approximate surface area is 224 Å². The van der Waals surface area contributed by atoms with Crippen LogP contribution in [-0.4, -0.2) is 29.4 Å². The number of imide groups is 2. The van der Waals surface area contributed by atoms with Crippen molar-refractivity contribution in [2.24, 2.45) is 0 Å². The van der Waals surface area contributed by atoms with Crippen LogP contribution in [0.15, 0.2) is 66.2 Å². The molecule has 9 nitrogen and oxygen atoms in total. The molecular weight excluding hydrogens is 596 g/mol. The second kappa shape index (κ2) is 10.9. The van der Waals surface area contributed by atoms with E-state index in [4.69, 9.17) is 4.74 Å². The number of halogens is 2. The number of urea groups is 1. The van der Waals surface area contributed by atoms with Crippen LogP contribution >= 0.6 is 22.6 Å². The number of barbiturate groups is 1. The molecule has 4 rings (SSSR count). The Morgan fingerprint density at radius 1 is 1.11 bits per heavy atom. The van der Waals surface area contributed by atoms with E-state index in [0.29, 0.717) is 29.2 Å². The quantitative estimate of drug-likeness (QED) is 0.132. The molecule has 1 aliphatic heterocycles. The Morgan fingerprint density at radius 2 is 1.86 bits per heavy atom. The third-order valence-electron chi connectivity index (χ3n) is 5.46. The summed E-state index contributed by atoms with van der Waals surface area (Å²) in [6, 6.07) is 13.6. The molecule has 0 radical (unpaired) electrons. The van der Waals surface area contributed by atoms with Gasteiger partial charge in [-0.2, -0.15) is 0 Å². The van der Waals surface area contributed by atoms with Crippen LogP contribution in [0.2, 0.25) is 0 Å². The van der Waals surface area contributed by atoms with Crippen LogP contribution in [-0.2, 0) is 16.0 Å². The van der Waals surface area contributed by atoms with Crippen LogP contribution in [0.3, 0.4) is 0 Å². The third-order valence-corrected chi connectivity index (χ3v) is 6.42. The van der Waals surface area contributed by atoms with E-state index in [1.165, 1.54) is 36.4 Å². The Kier molecular flexibility index (Phi) is 7.62. The standard InChI is InChI=1S/C26H19FIN3O6/c1-2-37-23-13-16(12-22(28)20(23)10-15-5-3-6-17(27)9-15)11-21-24(32)29-26(34)30(25(21)33)18-7-4-8-19(14-18)31(35)36/h3-9,11-14H,2,10H2,1H3,(H,29,32,34)/b21-11+. The van der Waals surface area contributed by atoms with Gasteiger partial charge < -0.3 is 4.74 Å². The number of anilines is 1. The summed E-state index contributed by atoms with van der Waals surface area (Å²) in [6.45, 7) is 2.16. The van der Waals surface area contributed by atoms with Crippen molar-refractivity contribution in [3.63, 3.8) is 0 Å². The lowest BCUT2D eigenvalue weighted by molar-refractivity contribution is -0.384. The highest BCUT2D eigenvalue weighted by Gasteiger charge is 2.37. The minimum Gasteiger partial charge on any atom is -0.494 e. The summed E-state index contributed by atoms with van der Waals surface area (Å²) in [7, 11) is 0. The highest BCUT2D eigenvalue weighted by molar-refractivity contribution is 14.1. The maximum absolute atomic E-state index is 13.7. The number of nitro benzene ring substituents is 1. The normalized spacial score (nSPS) is 14.6. The molecule has 0 unspecified atom stereocenters. The monoisotopic (exact) mass is 615 g/mol. The van der Waals surface area contributed by atoms with Crippen LogP contribution in [0.5, 0.6) is 5.75 Å². The van der Waals surface area contributed by atoms with Gasteiger partial charge in [0, 0.05) is 27.7 Å². The Balaban J connectivity index is 1.72. The third kappa shape index (κ3) is 5.66. The van der Waals surface area contributed by atoms with Crippen molar-refractivity contribution in [3.05, 3.63) is 102 Å². The van der Waals surface area contributed by atoms with Crippen LogP contribution in [0, 0.1) is 19.5 Å². The second-order valence-electron chi connectivity index (χ2n) is 7.95. The number of non-ortho nitro benzene ring substituents is 1. The van der Waals surface area contributed by atoms with Crippen molar-refractivity contribution < 1.29 is 28.4 Å². The number of nitrogens with one attached hydrogen (secondary N) is 1. The molecule has 0 saturated carbocycles. The number of amides is 4. The highest BCUT2D eigenvalue weighted by Crippen LogP contribution is 2.31. The van der Waals surface area contributed by atoms with Gasteiger partial charge in [0.2, 0.25) is 0 Å². The van der Waals surface area contributed by atoms with E-state index in [0.717, 1.165) is 20.8 Å². The Morgan fingerprint density at radius 3 is 2.57 bits per heavy atom. The molecule has 0 aromatic heterocycles. The SMILES string of the molecule is CCOc1cc(/C=C2\C(=O)NC(=O)N(c3cccc([N+](=O)[O-])c3)C2=O)cc(I)c1Cc1cccc(F)c1. The van der Waals surface area contributed by atoms with E-state index >= 15 is 0 Å². The lowest BCUT2D eigenvalue weighted by Crippen LogP contribution is -2.54. The molecule has 1 N–H and O–H groups in total. The summed E-state index contributed by atoms with van der Waals surface area (Å²) in [4.78, 5) is 49.4. The number of nitrogens with zero attached hydrogens (tertiary/aromatic N) is 2. The fourth-order valence-electron chi connectivity index (χ4n) is 3.83. The van der Waals surface area contributed by atoms with Gasteiger partial charge in [-0.3, -0.25) is 25.0 Å². The number of ether oxygens (including phenoxy) is 1. The van der Waals surface area contributed by atoms with Gasteiger partial charge in [-0.1, -0.05) is 18.2 Å². The molecule has 1 heterocycles. The molecule has 1 fully saturated rings. The summed E-state index contributed by atoms with van der Waals surface area (Å²) in [5, 5.41) is 13.2. The number of hydrogen-bond donors (Lipinski definition) is 1. The molecule has 1 saturated heterocycles. The van der Waals surface area contributed by atoms with E-state index < -0.39 is 22.8 Å². The summed E-state index contributed by atoms with van der Waals surface area (Å²) in [5.74, 6) is -1.67. The van der Waals surface area contributed by atoms with E-state index in [1.807, 2.05) is 6.92 Å². The molecule has 188 valence electrons. The van der Waals surface area contributed by atoms with Gasteiger partial charge in [0.25, 0.3) is 17.5 Å². The van der Waals surface area contributed by atoms with Crippen molar-refractivity contribution >= 4 is 57.9 Å². The molecule has 0 aliphatic carbocycles. The number of carbonyl (C=O) groups excluding carboxylic acids is 3. The number of rotatable bonds is 7. The zero-order valence-electron chi connectivity index (χ0n) is 19.4. The first-order valence-electron chi connectivity index (χ1n) is 11.0. The molecule has 4 amide bonds. The van der Waals surface area contributed by atoms with Crippen LogP contribution in [0.4, 0.5) is 20.6 Å². The highest BCUT2D eigenvalue weighted by atomic mass is 127. The summed E-state index contributed by atoms with van der Waals surface area (Å²) < 4.78 is 20.3. The van der Waals surface area contributed by atoms with Crippen LogP contribution in [0.1, 0.15) is 23.6 Å². The first-order chi connectivity index (χ1) is 17.7. The van der Waals surface area contributed by atoms with Gasteiger partial charge in [-0.25, -0.2) is 14.1 Å². The van der Waals surface area contributed by atoms with E-state index in [1.54, 1.807) is 24.3 Å². The molecule has 37 heavy (non-hydrogen) atoms. The summed E-state index contributed by atoms with van der Waals surface area (Å²) >= 11 is 2.10. The van der Waals surface area contributed by atoms with Crippen LogP contribution in [0.25, 0.3) is 6.08 Å². The fraction of sp³-hybridized carbons (Fsp3) is 0.115. The van der Waals surface area contributed by atoms with Gasteiger partial charge in [0.1, 0.15) is 17.1 Å². The molecule has 0 bridgehead atoms. The Bertz CT molecular complexity index is 1470. The number of carbonyl (C=O) groups is 3. The average Bonchev–Trinajstić information content (AvgIpc) is 2.84. The van der Waals surface area contributed by atoms with E-state index in [-0.39, 0.29) is 22.8 Å². The molecule has 1 aliphatic rings. The molecule has 0 spiro atoms. The zero-order chi connectivity index (χ0) is 26.7. The van der Waals surface area contributed by atoms with Gasteiger partial charge in [-0.15, -0.1) is 0 Å². The van der Waals surface area contributed by atoms with Crippen molar-refractivity contribution in [1.82, 2.24) is 5.32 Å². The van der Waals surface area contributed by atoms with Gasteiger partial charge in [0.05, 0.1) is 17.2 Å². The first kappa shape index (κ1) is 25.9. The predicted octanol–water partition coefficient (Wildman–Crippen LogP) is 4.99. The van der Waals surface area contributed by atoms with Gasteiger partial charge in [-0.05, 0) is 77.0 Å². The number of nitro groups is 1. The van der Waals surface area contributed by atoms with Crippen molar-refractivity contribution in [2.45, 2.75) is 13.3 Å². The zero-order valence-corrected chi connectivity index (χ0v) is 21.5.